The monoisotopic (exact) mass is 721 g/mol. The maximum absolute atomic E-state index is 14.6. The van der Waals surface area contributed by atoms with E-state index in [4.69, 9.17) is 4.42 Å². The molecule has 0 spiro atoms. The summed E-state index contributed by atoms with van der Waals surface area (Å²) in [6.45, 7) is 4.61. The number of nitrogens with zero attached hydrogens (tertiary/aromatic N) is 1. The van der Waals surface area contributed by atoms with Gasteiger partial charge in [-0.15, -0.1) is 0 Å². The maximum Gasteiger partial charge on any atom is 0.136 e. The first kappa shape index (κ1) is 32.5. The van der Waals surface area contributed by atoms with Crippen molar-refractivity contribution in [1.29, 1.82) is 0 Å². The van der Waals surface area contributed by atoms with Crippen LogP contribution in [0.3, 0.4) is 0 Å². The van der Waals surface area contributed by atoms with Crippen molar-refractivity contribution in [2.24, 2.45) is 0 Å². The topological polar surface area (TPSA) is 16.4 Å². The average molecular weight is 722 g/mol. The number of hydrogen-bond donors (Lipinski definition) is 0. The molecule has 1 aliphatic rings. The van der Waals surface area contributed by atoms with Gasteiger partial charge >= 0.3 is 0 Å². The Kier molecular flexibility index (Phi) is 7.11. The van der Waals surface area contributed by atoms with Crippen LogP contribution in [0.2, 0.25) is 0 Å². The van der Waals surface area contributed by atoms with E-state index < -0.39 is 0 Å². The van der Waals surface area contributed by atoms with E-state index in [2.05, 4.69) is 176 Å². The Morgan fingerprint density at radius 1 is 0.464 bits per heavy atom. The smallest absolute Gasteiger partial charge is 0.136 e. The highest BCUT2D eigenvalue weighted by Crippen LogP contribution is 2.52. The largest absolute Gasteiger partial charge is 0.456 e. The van der Waals surface area contributed by atoms with E-state index in [1.54, 1.807) is 12.1 Å². The number of hydrogen-bond acceptors (Lipinski definition) is 2. The van der Waals surface area contributed by atoms with Crippen molar-refractivity contribution in [3.05, 3.63) is 199 Å². The fraction of sp³-hybridized carbons (Fsp3) is 0.0566. The first-order valence-corrected chi connectivity index (χ1v) is 19.2. The second-order valence-corrected chi connectivity index (χ2v) is 15.4. The molecular formula is C53H36FNO. The van der Waals surface area contributed by atoms with Crippen LogP contribution in [0.25, 0.3) is 76.9 Å². The summed E-state index contributed by atoms with van der Waals surface area (Å²) < 4.78 is 21.2. The molecule has 0 aliphatic heterocycles. The lowest BCUT2D eigenvalue weighted by Crippen LogP contribution is -2.15. The van der Waals surface area contributed by atoms with Crippen LogP contribution in [0.4, 0.5) is 21.5 Å². The van der Waals surface area contributed by atoms with Crippen molar-refractivity contribution in [3.63, 3.8) is 0 Å². The molecule has 11 rings (SSSR count). The predicted molar refractivity (Wildman–Crippen MR) is 232 cm³/mol. The quantitative estimate of drug-likeness (QED) is 0.176. The Hall–Kier alpha value is -6.97. The van der Waals surface area contributed by atoms with Gasteiger partial charge in [0.25, 0.3) is 0 Å². The van der Waals surface area contributed by atoms with Gasteiger partial charge in [0.1, 0.15) is 17.0 Å². The van der Waals surface area contributed by atoms with Gasteiger partial charge in [-0.3, -0.25) is 0 Å². The third kappa shape index (κ3) is 4.94. The highest BCUT2D eigenvalue weighted by Gasteiger charge is 2.35. The van der Waals surface area contributed by atoms with Gasteiger partial charge in [-0.25, -0.2) is 4.39 Å². The number of fused-ring (bicyclic) bond motifs is 9. The normalized spacial score (nSPS) is 13.1. The molecule has 0 saturated carbocycles. The minimum absolute atomic E-state index is 0.122. The minimum atomic E-state index is -0.270. The van der Waals surface area contributed by atoms with E-state index in [-0.39, 0.29) is 11.2 Å². The molecule has 266 valence electrons. The zero-order valence-corrected chi connectivity index (χ0v) is 31.1. The van der Waals surface area contributed by atoms with Crippen LogP contribution in [0.5, 0.6) is 0 Å². The second-order valence-electron chi connectivity index (χ2n) is 15.4. The summed E-state index contributed by atoms with van der Waals surface area (Å²) in [5.74, 6) is -0.270. The van der Waals surface area contributed by atoms with E-state index in [1.807, 2.05) is 12.1 Å². The highest BCUT2D eigenvalue weighted by atomic mass is 19.1. The van der Waals surface area contributed by atoms with Gasteiger partial charge in [-0.2, -0.15) is 0 Å². The van der Waals surface area contributed by atoms with E-state index in [0.29, 0.717) is 0 Å². The molecule has 0 bridgehead atoms. The van der Waals surface area contributed by atoms with E-state index in [1.165, 1.54) is 38.4 Å². The summed E-state index contributed by atoms with van der Waals surface area (Å²) in [6.07, 6.45) is 0. The fourth-order valence-corrected chi connectivity index (χ4v) is 9.19. The van der Waals surface area contributed by atoms with Crippen molar-refractivity contribution in [2.45, 2.75) is 19.3 Å². The molecule has 1 aliphatic carbocycles. The van der Waals surface area contributed by atoms with Crippen LogP contribution >= 0.6 is 0 Å². The molecule has 0 unspecified atom stereocenters. The Bertz CT molecular complexity index is 3190. The lowest BCUT2D eigenvalue weighted by molar-refractivity contribution is 0.628. The van der Waals surface area contributed by atoms with E-state index in [0.717, 1.165) is 66.6 Å². The van der Waals surface area contributed by atoms with E-state index >= 15 is 0 Å². The zero-order chi connectivity index (χ0) is 37.5. The van der Waals surface area contributed by atoms with Crippen LogP contribution in [0.15, 0.2) is 186 Å². The summed E-state index contributed by atoms with van der Waals surface area (Å²) in [6, 6.07) is 63.4. The predicted octanol–water partition coefficient (Wildman–Crippen LogP) is 15.1. The molecule has 1 aromatic heterocycles. The molecule has 0 N–H and O–H groups in total. The summed E-state index contributed by atoms with van der Waals surface area (Å²) >= 11 is 0. The first-order valence-electron chi connectivity index (χ1n) is 19.2. The van der Waals surface area contributed by atoms with Crippen molar-refractivity contribution < 1.29 is 8.81 Å². The van der Waals surface area contributed by atoms with Gasteiger partial charge in [0.05, 0.1) is 5.69 Å². The van der Waals surface area contributed by atoms with Crippen LogP contribution in [0.1, 0.15) is 25.0 Å². The van der Waals surface area contributed by atoms with Gasteiger partial charge < -0.3 is 9.32 Å². The number of anilines is 3. The van der Waals surface area contributed by atoms with Crippen molar-refractivity contribution >= 4 is 60.5 Å². The molecule has 0 atom stereocenters. The van der Waals surface area contributed by atoms with Gasteiger partial charge in [0, 0.05) is 33.1 Å². The average Bonchev–Trinajstić information content (AvgIpc) is 3.73. The molecule has 0 saturated heterocycles. The van der Waals surface area contributed by atoms with Crippen LogP contribution in [-0.4, -0.2) is 0 Å². The Balaban J connectivity index is 1.18. The minimum Gasteiger partial charge on any atom is -0.456 e. The molecule has 3 heteroatoms. The Morgan fingerprint density at radius 3 is 2.04 bits per heavy atom. The van der Waals surface area contributed by atoms with Gasteiger partial charge in [0.15, 0.2) is 0 Å². The van der Waals surface area contributed by atoms with Crippen molar-refractivity contribution in [2.75, 3.05) is 4.90 Å². The molecule has 0 amide bonds. The van der Waals surface area contributed by atoms with Crippen LogP contribution in [0, 0.1) is 5.82 Å². The second kappa shape index (κ2) is 12.3. The lowest BCUT2D eigenvalue weighted by atomic mass is 9.82. The molecule has 9 aromatic carbocycles. The van der Waals surface area contributed by atoms with Crippen LogP contribution in [-0.2, 0) is 5.41 Å². The maximum atomic E-state index is 14.6. The third-order valence-corrected chi connectivity index (χ3v) is 11.9. The molecule has 2 nitrogen and oxygen atoms in total. The van der Waals surface area contributed by atoms with Gasteiger partial charge in [-0.05, 0) is 127 Å². The molecule has 0 radical (unpaired) electrons. The lowest BCUT2D eigenvalue weighted by Gasteiger charge is -2.30. The van der Waals surface area contributed by atoms with Crippen molar-refractivity contribution in [1.82, 2.24) is 0 Å². The fourth-order valence-electron chi connectivity index (χ4n) is 9.19. The van der Waals surface area contributed by atoms with Crippen LogP contribution < -0.4 is 4.90 Å². The molecule has 0 fully saturated rings. The Morgan fingerprint density at radius 2 is 1.16 bits per heavy atom. The molecule has 10 aromatic rings. The Labute approximate surface area is 324 Å². The number of benzene rings is 9. The summed E-state index contributed by atoms with van der Waals surface area (Å²) in [5.41, 5.74) is 13.9. The third-order valence-electron chi connectivity index (χ3n) is 11.9. The van der Waals surface area contributed by atoms with E-state index in [9.17, 15) is 4.39 Å². The zero-order valence-electron chi connectivity index (χ0n) is 31.1. The number of rotatable bonds is 5. The van der Waals surface area contributed by atoms with Gasteiger partial charge in [-0.1, -0.05) is 129 Å². The summed E-state index contributed by atoms with van der Waals surface area (Å²) in [5, 5.41) is 6.95. The number of furan rings is 1. The SMILES string of the molecule is CC1(C)c2ccccc2-c2cc(N(c3ccc(F)cc3)c3cccc(-c4ccc5c(c4)oc4ccc6ccccc6c45)c3-c3ccc4ccccc4c3)ccc21. The molecular weight excluding hydrogens is 686 g/mol. The molecule has 1 heterocycles. The standard InChI is InChI=1S/C53H36FNO/c1-53(2)46-16-8-7-14-43(46)45-32-40(26-28-47(45)53)55(39-24-22-38(54)23-25-39)48-17-9-15-42(51(48)37-19-18-33-10-3-4-12-35(33)30-37)36-20-27-44-50(31-36)56-49-29-21-34-11-5-6-13-41(34)52(44)49/h3-32H,1-2H3. The summed E-state index contributed by atoms with van der Waals surface area (Å²) in [7, 11) is 0. The number of halogens is 1. The highest BCUT2D eigenvalue weighted by molar-refractivity contribution is 6.19. The summed E-state index contributed by atoms with van der Waals surface area (Å²) in [4.78, 5) is 2.29. The van der Waals surface area contributed by atoms with Gasteiger partial charge in [0.2, 0.25) is 0 Å². The molecule has 56 heavy (non-hydrogen) atoms. The van der Waals surface area contributed by atoms with Crippen molar-refractivity contribution in [3.8, 4) is 33.4 Å². The first-order chi connectivity index (χ1) is 27.4.